The first kappa shape index (κ1) is 21.0. The Balaban J connectivity index is 1.57. The molecular formula is C23H30N4O2. The molecule has 3 rings (SSSR count). The van der Waals surface area contributed by atoms with Crippen LogP contribution in [0.4, 0.5) is 0 Å². The van der Waals surface area contributed by atoms with Crippen LogP contribution >= 0.6 is 0 Å². The predicted molar refractivity (Wildman–Crippen MR) is 114 cm³/mol. The average molecular weight is 395 g/mol. The van der Waals surface area contributed by atoms with Crippen molar-refractivity contribution in [3.05, 3.63) is 65.5 Å². The summed E-state index contributed by atoms with van der Waals surface area (Å²) < 4.78 is 0. The van der Waals surface area contributed by atoms with Gasteiger partial charge in [-0.05, 0) is 24.1 Å². The highest BCUT2D eigenvalue weighted by molar-refractivity contribution is 5.98. The second kappa shape index (κ2) is 10.2. The Kier molecular flexibility index (Phi) is 7.36. The molecule has 29 heavy (non-hydrogen) atoms. The van der Waals surface area contributed by atoms with Crippen LogP contribution in [0.2, 0.25) is 0 Å². The maximum Gasteiger partial charge on any atom is 0.272 e. The van der Waals surface area contributed by atoms with Gasteiger partial charge in [0.15, 0.2) is 0 Å². The van der Waals surface area contributed by atoms with Crippen LogP contribution in [0.25, 0.3) is 0 Å². The molecule has 2 amide bonds. The molecule has 2 aromatic rings. The second-order valence-electron chi connectivity index (χ2n) is 7.56. The molecule has 154 valence electrons. The fourth-order valence-electron chi connectivity index (χ4n) is 3.51. The van der Waals surface area contributed by atoms with Gasteiger partial charge in [0.1, 0.15) is 5.69 Å². The van der Waals surface area contributed by atoms with Gasteiger partial charge in [-0.25, -0.2) is 0 Å². The maximum absolute atomic E-state index is 12.9. The summed E-state index contributed by atoms with van der Waals surface area (Å²) in [6.07, 6.45) is 3.56. The minimum absolute atomic E-state index is 0.0671. The number of benzene rings is 1. The average Bonchev–Trinajstić information content (AvgIpc) is 2.77. The number of aromatic nitrogens is 1. The number of piperazine rings is 1. The van der Waals surface area contributed by atoms with Gasteiger partial charge in [-0.15, -0.1) is 0 Å². The van der Waals surface area contributed by atoms with E-state index in [9.17, 15) is 9.59 Å². The molecule has 6 nitrogen and oxygen atoms in total. The fourth-order valence-corrected chi connectivity index (χ4v) is 3.51. The first-order valence-corrected chi connectivity index (χ1v) is 10.4. The van der Waals surface area contributed by atoms with Crippen LogP contribution < -0.4 is 0 Å². The number of amides is 2. The first-order chi connectivity index (χ1) is 14.1. The van der Waals surface area contributed by atoms with E-state index in [1.165, 1.54) is 5.56 Å². The van der Waals surface area contributed by atoms with E-state index in [-0.39, 0.29) is 11.8 Å². The van der Waals surface area contributed by atoms with Gasteiger partial charge in [0, 0.05) is 58.1 Å². The Morgan fingerprint density at radius 2 is 1.79 bits per heavy atom. The van der Waals surface area contributed by atoms with Crippen LogP contribution in [0.15, 0.2) is 48.7 Å². The molecule has 1 aliphatic rings. The highest BCUT2D eigenvalue weighted by atomic mass is 16.2. The van der Waals surface area contributed by atoms with Gasteiger partial charge in [0.2, 0.25) is 0 Å². The van der Waals surface area contributed by atoms with Crippen molar-refractivity contribution >= 4 is 11.8 Å². The quantitative estimate of drug-likeness (QED) is 0.725. The molecule has 0 aliphatic carbocycles. The van der Waals surface area contributed by atoms with E-state index >= 15 is 0 Å². The van der Waals surface area contributed by atoms with Crippen LogP contribution in [0.3, 0.4) is 0 Å². The standard InChI is InChI=1S/C23H30N4O2/c1-3-4-12-25(2)22(28)20-10-11-24-21(17-20)23(29)27-15-13-26(14-16-27)18-19-8-6-5-7-9-19/h5-11,17H,3-4,12-16,18H2,1-2H3. The van der Waals surface area contributed by atoms with E-state index in [0.717, 1.165) is 32.5 Å². The molecule has 1 aromatic heterocycles. The molecule has 1 aliphatic heterocycles. The van der Waals surface area contributed by atoms with Crippen molar-refractivity contribution in [1.29, 1.82) is 0 Å². The lowest BCUT2D eigenvalue weighted by Gasteiger charge is -2.34. The Bertz CT molecular complexity index is 817. The third-order valence-corrected chi connectivity index (χ3v) is 5.33. The third kappa shape index (κ3) is 5.64. The Morgan fingerprint density at radius 1 is 1.07 bits per heavy atom. The fraction of sp³-hybridized carbons (Fsp3) is 0.435. The lowest BCUT2D eigenvalue weighted by atomic mass is 10.1. The third-order valence-electron chi connectivity index (χ3n) is 5.33. The van der Waals surface area contributed by atoms with E-state index in [0.29, 0.717) is 30.9 Å². The minimum atomic E-state index is -0.102. The van der Waals surface area contributed by atoms with E-state index in [4.69, 9.17) is 0 Å². The lowest BCUT2D eigenvalue weighted by molar-refractivity contribution is 0.0622. The highest BCUT2D eigenvalue weighted by Crippen LogP contribution is 2.13. The minimum Gasteiger partial charge on any atom is -0.342 e. The summed E-state index contributed by atoms with van der Waals surface area (Å²) in [5.74, 6) is -0.169. The van der Waals surface area contributed by atoms with E-state index in [1.54, 1.807) is 30.3 Å². The Hall–Kier alpha value is -2.73. The van der Waals surface area contributed by atoms with Gasteiger partial charge in [0.05, 0.1) is 0 Å². The maximum atomic E-state index is 12.9. The molecule has 2 heterocycles. The summed E-state index contributed by atoms with van der Waals surface area (Å²) in [6.45, 7) is 6.71. The van der Waals surface area contributed by atoms with Gasteiger partial charge in [-0.2, -0.15) is 0 Å². The largest absolute Gasteiger partial charge is 0.342 e. The van der Waals surface area contributed by atoms with Crippen LogP contribution in [0.1, 0.15) is 46.2 Å². The monoisotopic (exact) mass is 394 g/mol. The first-order valence-electron chi connectivity index (χ1n) is 10.4. The van der Waals surface area contributed by atoms with Gasteiger partial charge in [-0.3, -0.25) is 19.5 Å². The summed E-state index contributed by atoms with van der Waals surface area (Å²) in [4.78, 5) is 35.6. The van der Waals surface area contributed by atoms with Crippen molar-refractivity contribution in [1.82, 2.24) is 19.7 Å². The number of carbonyl (C=O) groups excluding carboxylic acids is 2. The lowest BCUT2D eigenvalue weighted by Crippen LogP contribution is -2.48. The normalized spacial score (nSPS) is 14.6. The van der Waals surface area contributed by atoms with Gasteiger partial charge < -0.3 is 9.80 Å². The summed E-state index contributed by atoms with van der Waals surface area (Å²) in [5, 5.41) is 0. The van der Waals surface area contributed by atoms with E-state index < -0.39 is 0 Å². The topological polar surface area (TPSA) is 56.8 Å². The van der Waals surface area contributed by atoms with Crippen LogP contribution in [-0.4, -0.2) is 71.3 Å². The Morgan fingerprint density at radius 3 is 2.48 bits per heavy atom. The van der Waals surface area contributed by atoms with Gasteiger partial charge >= 0.3 is 0 Å². The highest BCUT2D eigenvalue weighted by Gasteiger charge is 2.24. The molecule has 0 atom stereocenters. The summed E-state index contributed by atoms with van der Waals surface area (Å²) in [5.41, 5.74) is 2.15. The second-order valence-corrected chi connectivity index (χ2v) is 7.56. The molecular weight excluding hydrogens is 364 g/mol. The number of hydrogen-bond acceptors (Lipinski definition) is 4. The molecule has 1 aromatic carbocycles. The van der Waals surface area contributed by atoms with Gasteiger partial charge in [-0.1, -0.05) is 43.7 Å². The number of rotatable bonds is 7. The number of carbonyl (C=O) groups is 2. The zero-order valence-corrected chi connectivity index (χ0v) is 17.4. The molecule has 6 heteroatoms. The summed E-state index contributed by atoms with van der Waals surface area (Å²) in [7, 11) is 1.80. The summed E-state index contributed by atoms with van der Waals surface area (Å²) >= 11 is 0. The molecule has 0 radical (unpaired) electrons. The zero-order valence-electron chi connectivity index (χ0n) is 17.4. The van der Waals surface area contributed by atoms with Crippen molar-refractivity contribution in [3.8, 4) is 0 Å². The number of nitrogens with zero attached hydrogens (tertiary/aromatic N) is 4. The molecule has 0 unspecified atom stereocenters. The predicted octanol–water partition coefficient (Wildman–Crippen LogP) is 2.91. The number of unbranched alkanes of at least 4 members (excludes halogenated alkanes) is 1. The van der Waals surface area contributed by atoms with Crippen molar-refractivity contribution in [2.24, 2.45) is 0 Å². The van der Waals surface area contributed by atoms with Crippen molar-refractivity contribution in [2.45, 2.75) is 26.3 Å². The molecule has 1 saturated heterocycles. The van der Waals surface area contributed by atoms with E-state index in [1.807, 2.05) is 11.0 Å². The number of pyridine rings is 1. The molecule has 0 spiro atoms. The van der Waals surface area contributed by atoms with Crippen molar-refractivity contribution in [3.63, 3.8) is 0 Å². The van der Waals surface area contributed by atoms with Crippen LogP contribution in [0, 0.1) is 0 Å². The molecule has 0 bridgehead atoms. The van der Waals surface area contributed by atoms with Crippen molar-refractivity contribution < 1.29 is 9.59 Å². The SMILES string of the molecule is CCCCN(C)C(=O)c1ccnc(C(=O)N2CCN(Cc3ccccc3)CC2)c1. The molecule has 1 fully saturated rings. The summed E-state index contributed by atoms with van der Waals surface area (Å²) in [6, 6.07) is 13.7. The Labute approximate surface area is 173 Å². The van der Waals surface area contributed by atoms with Crippen LogP contribution in [-0.2, 0) is 6.54 Å². The number of hydrogen-bond donors (Lipinski definition) is 0. The zero-order chi connectivity index (χ0) is 20.6. The van der Waals surface area contributed by atoms with Gasteiger partial charge in [0.25, 0.3) is 11.8 Å². The smallest absolute Gasteiger partial charge is 0.272 e. The van der Waals surface area contributed by atoms with Crippen molar-refractivity contribution in [2.75, 3.05) is 39.8 Å². The van der Waals surface area contributed by atoms with Crippen LogP contribution in [0.5, 0.6) is 0 Å². The molecule has 0 saturated carbocycles. The van der Waals surface area contributed by atoms with E-state index in [2.05, 4.69) is 41.1 Å². The molecule has 0 N–H and O–H groups in total.